The van der Waals surface area contributed by atoms with Crippen LogP contribution in [0.4, 0.5) is 5.69 Å². The summed E-state index contributed by atoms with van der Waals surface area (Å²) in [7, 11) is -3.99. The lowest BCUT2D eigenvalue weighted by molar-refractivity contribution is -0.121. The molecule has 3 N–H and O–H groups in total. The molecule has 0 saturated carbocycles. The Hall–Kier alpha value is -1.52. The van der Waals surface area contributed by atoms with E-state index in [2.05, 4.69) is 20.7 Å². The standard InChI is InChI=1S/C14H15Cl3N4O4S/c1-6-13(8(3)25-20-6)26(23,24)21-7(2)14(22)19-18-12-10(16)4-9(15)5-11(12)17/h4-5,7,18,21H,1-3H3,(H,19,22)/t7-/m0/s1. The van der Waals surface area contributed by atoms with Crippen LogP contribution in [-0.2, 0) is 14.8 Å². The third-order valence-corrected chi connectivity index (χ3v) is 5.88. The van der Waals surface area contributed by atoms with Gasteiger partial charge in [0, 0.05) is 5.02 Å². The van der Waals surface area contributed by atoms with Crippen molar-refractivity contribution in [2.75, 3.05) is 5.43 Å². The van der Waals surface area contributed by atoms with Crippen molar-refractivity contribution in [2.45, 2.75) is 31.7 Å². The van der Waals surface area contributed by atoms with Gasteiger partial charge in [0.15, 0.2) is 5.76 Å². The van der Waals surface area contributed by atoms with Gasteiger partial charge in [-0.05, 0) is 32.9 Å². The number of hydrogen-bond donors (Lipinski definition) is 3. The van der Waals surface area contributed by atoms with Crippen molar-refractivity contribution in [3.63, 3.8) is 0 Å². The van der Waals surface area contributed by atoms with Crippen molar-refractivity contribution in [3.8, 4) is 0 Å². The van der Waals surface area contributed by atoms with Crippen LogP contribution in [0.25, 0.3) is 0 Å². The molecule has 0 aliphatic heterocycles. The van der Waals surface area contributed by atoms with E-state index in [1.807, 2.05) is 0 Å². The number of nitrogens with zero attached hydrogens (tertiary/aromatic N) is 1. The molecule has 1 aromatic heterocycles. The third kappa shape index (κ3) is 4.60. The fourth-order valence-electron chi connectivity index (χ4n) is 2.10. The highest BCUT2D eigenvalue weighted by molar-refractivity contribution is 7.89. The predicted octanol–water partition coefficient (Wildman–Crippen LogP) is 3.06. The molecular weight excluding hydrogens is 427 g/mol. The minimum Gasteiger partial charge on any atom is -0.360 e. The highest BCUT2D eigenvalue weighted by Crippen LogP contribution is 2.33. The van der Waals surface area contributed by atoms with Gasteiger partial charge in [-0.25, -0.2) is 8.42 Å². The molecule has 0 aliphatic carbocycles. The van der Waals surface area contributed by atoms with Crippen LogP contribution in [0.15, 0.2) is 21.6 Å². The minimum atomic E-state index is -3.99. The zero-order valence-electron chi connectivity index (χ0n) is 13.9. The molecule has 0 radical (unpaired) electrons. The first kappa shape index (κ1) is 20.8. The molecule has 1 heterocycles. The number of benzene rings is 1. The maximum absolute atomic E-state index is 12.4. The Balaban J connectivity index is 2.07. The molecule has 0 aliphatic rings. The first-order chi connectivity index (χ1) is 12.0. The lowest BCUT2D eigenvalue weighted by Crippen LogP contribution is -2.46. The molecule has 0 bridgehead atoms. The molecule has 8 nitrogen and oxygen atoms in total. The van der Waals surface area contributed by atoms with Crippen molar-refractivity contribution in [3.05, 3.63) is 38.7 Å². The van der Waals surface area contributed by atoms with Crippen molar-refractivity contribution >= 4 is 56.4 Å². The summed E-state index contributed by atoms with van der Waals surface area (Å²) in [5.41, 5.74) is 5.30. The van der Waals surface area contributed by atoms with E-state index in [1.165, 1.54) is 32.9 Å². The number of carbonyl (C=O) groups excluding carboxylic acids is 1. The fourth-order valence-corrected chi connectivity index (χ4v) is 4.54. The Kier molecular flexibility index (Phi) is 6.41. The number of carbonyl (C=O) groups is 1. The van der Waals surface area contributed by atoms with Gasteiger partial charge < -0.3 is 4.52 Å². The number of rotatable bonds is 6. The van der Waals surface area contributed by atoms with Crippen LogP contribution in [0.3, 0.4) is 0 Å². The SMILES string of the molecule is Cc1noc(C)c1S(=O)(=O)N[C@@H](C)C(=O)NNc1c(Cl)cc(Cl)cc1Cl. The molecule has 0 saturated heterocycles. The molecule has 1 atom stereocenters. The summed E-state index contributed by atoms with van der Waals surface area (Å²) < 4.78 is 31.9. The van der Waals surface area contributed by atoms with E-state index in [0.717, 1.165) is 0 Å². The van der Waals surface area contributed by atoms with Crippen LogP contribution in [-0.4, -0.2) is 25.5 Å². The van der Waals surface area contributed by atoms with Crippen molar-refractivity contribution in [1.29, 1.82) is 0 Å². The first-order valence-corrected chi connectivity index (χ1v) is 9.80. The highest BCUT2D eigenvalue weighted by atomic mass is 35.5. The van der Waals surface area contributed by atoms with Gasteiger partial charge >= 0.3 is 0 Å². The van der Waals surface area contributed by atoms with E-state index in [-0.39, 0.29) is 32.1 Å². The largest absolute Gasteiger partial charge is 0.360 e. The Morgan fingerprint density at radius 3 is 2.27 bits per heavy atom. The number of sulfonamides is 1. The molecule has 0 fully saturated rings. The van der Waals surface area contributed by atoms with Crippen molar-refractivity contribution in [1.82, 2.24) is 15.3 Å². The molecule has 12 heteroatoms. The first-order valence-electron chi connectivity index (χ1n) is 7.18. The van der Waals surface area contributed by atoms with E-state index >= 15 is 0 Å². The van der Waals surface area contributed by atoms with E-state index in [1.54, 1.807) is 0 Å². The summed E-state index contributed by atoms with van der Waals surface area (Å²) in [6.07, 6.45) is 0. The number of nitrogens with one attached hydrogen (secondary N) is 3. The Bertz CT molecular complexity index is 903. The van der Waals surface area contributed by atoms with Crippen LogP contribution in [0, 0.1) is 13.8 Å². The monoisotopic (exact) mass is 440 g/mol. The summed E-state index contributed by atoms with van der Waals surface area (Å²) in [6, 6.07) is 1.77. The quantitative estimate of drug-likeness (QED) is 0.594. The predicted molar refractivity (Wildman–Crippen MR) is 99.0 cm³/mol. The zero-order chi connectivity index (χ0) is 19.6. The number of hydrogen-bond acceptors (Lipinski definition) is 6. The second-order valence-electron chi connectivity index (χ2n) is 5.35. The molecule has 26 heavy (non-hydrogen) atoms. The summed E-state index contributed by atoms with van der Waals surface area (Å²) in [6.45, 7) is 4.32. The van der Waals surface area contributed by atoms with Crippen molar-refractivity contribution < 1.29 is 17.7 Å². The molecule has 2 aromatic rings. The van der Waals surface area contributed by atoms with Crippen molar-refractivity contribution in [2.24, 2.45) is 0 Å². The average molecular weight is 442 g/mol. The van der Waals surface area contributed by atoms with Gasteiger partial charge in [0.05, 0.1) is 21.8 Å². The van der Waals surface area contributed by atoms with Crippen LogP contribution in [0.1, 0.15) is 18.4 Å². The molecular formula is C14H15Cl3N4O4S. The lowest BCUT2D eigenvalue weighted by Gasteiger charge is -2.16. The van der Waals surface area contributed by atoms with E-state index in [0.29, 0.717) is 5.02 Å². The summed E-state index contributed by atoms with van der Waals surface area (Å²) in [4.78, 5) is 12.1. The smallest absolute Gasteiger partial charge is 0.256 e. The van der Waals surface area contributed by atoms with Crippen LogP contribution >= 0.6 is 34.8 Å². The number of amides is 1. The van der Waals surface area contributed by atoms with Crippen LogP contribution in [0.5, 0.6) is 0 Å². The van der Waals surface area contributed by atoms with Gasteiger partial charge in [-0.2, -0.15) is 4.72 Å². The second kappa shape index (κ2) is 8.01. The number of halogens is 3. The molecule has 0 unspecified atom stereocenters. The number of aryl methyl sites for hydroxylation is 2. The number of anilines is 1. The lowest BCUT2D eigenvalue weighted by atomic mass is 10.3. The Morgan fingerprint density at radius 2 is 1.77 bits per heavy atom. The van der Waals surface area contributed by atoms with Gasteiger partial charge in [0.1, 0.15) is 10.6 Å². The summed E-state index contributed by atoms with van der Waals surface area (Å²) in [5, 5.41) is 4.29. The minimum absolute atomic E-state index is 0.103. The maximum atomic E-state index is 12.4. The second-order valence-corrected chi connectivity index (χ2v) is 8.26. The molecule has 1 aromatic carbocycles. The van der Waals surface area contributed by atoms with Gasteiger partial charge in [-0.1, -0.05) is 40.0 Å². The highest BCUT2D eigenvalue weighted by Gasteiger charge is 2.28. The fraction of sp³-hybridized carbons (Fsp3) is 0.286. The normalized spacial score (nSPS) is 12.7. The summed E-state index contributed by atoms with van der Waals surface area (Å²) >= 11 is 17.8. The van der Waals surface area contributed by atoms with Gasteiger partial charge in [0.2, 0.25) is 10.0 Å². The molecule has 2 rings (SSSR count). The van der Waals surface area contributed by atoms with E-state index in [4.69, 9.17) is 39.3 Å². The Morgan fingerprint density at radius 1 is 1.19 bits per heavy atom. The van der Waals surface area contributed by atoms with Crippen LogP contribution in [0.2, 0.25) is 15.1 Å². The molecule has 142 valence electrons. The van der Waals surface area contributed by atoms with Gasteiger partial charge in [-0.3, -0.25) is 15.6 Å². The number of hydrazine groups is 1. The van der Waals surface area contributed by atoms with Gasteiger partial charge in [0.25, 0.3) is 5.91 Å². The van der Waals surface area contributed by atoms with E-state index < -0.39 is 22.0 Å². The van der Waals surface area contributed by atoms with Crippen LogP contribution < -0.4 is 15.6 Å². The zero-order valence-corrected chi connectivity index (χ0v) is 16.9. The molecule has 1 amide bonds. The maximum Gasteiger partial charge on any atom is 0.256 e. The average Bonchev–Trinajstić information content (AvgIpc) is 2.85. The Labute approximate surface area is 165 Å². The number of aromatic nitrogens is 1. The topological polar surface area (TPSA) is 113 Å². The third-order valence-electron chi connectivity index (χ3n) is 3.28. The van der Waals surface area contributed by atoms with Gasteiger partial charge in [-0.15, -0.1) is 0 Å². The molecule has 0 spiro atoms. The summed E-state index contributed by atoms with van der Waals surface area (Å²) in [5.74, 6) is -0.539. The van der Waals surface area contributed by atoms with E-state index in [9.17, 15) is 13.2 Å².